The first-order chi connectivity index (χ1) is 8.15. The van der Waals surface area contributed by atoms with E-state index >= 15 is 0 Å². The van der Waals surface area contributed by atoms with Crippen LogP contribution in [0.3, 0.4) is 0 Å². The van der Waals surface area contributed by atoms with Crippen molar-refractivity contribution < 1.29 is 4.39 Å². The highest BCUT2D eigenvalue weighted by molar-refractivity contribution is 7.80. The molecule has 0 amide bonds. The minimum absolute atomic E-state index is 0.216. The Morgan fingerprint density at radius 2 is 1.88 bits per heavy atom. The maximum Gasteiger partial charge on any atom is 0.103 e. The highest BCUT2D eigenvalue weighted by atomic mass is 32.1. The zero-order valence-corrected chi connectivity index (χ0v) is 11.0. The van der Waals surface area contributed by atoms with Crippen molar-refractivity contribution in [1.82, 2.24) is 0 Å². The van der Waals surface area contributed by atoms with Gasteiger partial charge in [-0.1, -0.05) is 12.2 Å². The molecule has 0 saturated heterocycles. The van der Waals surface area contributed by atoms with Gasteiger partial charge in [-0.15, -0.1) is 0 Å². The van der Waals surface area contributed by atoms with E-state index in [0.29, 0.717) is 11.4 Å². The first-order valence-electron chi connectivity index (χ1n) is 5.82. The van der Waals surface area contributed by atoms with Crippen LogP contribution in [0, 0.1) is 0 Å². The van der Waals surface area contributed by atoms with E-state index in [1.54, 1.807) is 0 Å². The van der Waals surface area contributed by atoms with Gasteiger partial charge in [0.2, 0.25) is 0 Å². The minimum atomic E-state index is -0.216. The Morgan fingerprint density at radius 3 is 2.41 bits per heavy atom. The highest BCUT2D eigenvalue weighted by Crippen LogP contribution is 2.14. The maximum atomic E-state index is 11.9. The standard InChI is InChI=1S/C13H19FN2S/c1-16(10-4-2-3-9-14)12-7-5-11(6-8-12)13(15)17/h5-8H,2-4,9-10H2,1H3,(H2,15,17). The zero-order valence-electron chi connectivity index (χ0n) is 10.2. The Bertz CT molecular complexity index is 351. The first-order valence-corrected chi connectivity index (χ1v) is 6.23. The predicted octanol–water partition coefficient (Wildman–Crippen LogP) is 2.90. The van der Waals surface area contributed by atoms with Gasteiger partial charge in [0.05, 0.1) is 6.67 Å². The van der Waals surface area contributed by atoms with Crippen molar-refractivity contribution in [3.63, 3.8) is 0 Å². The van der Waals surface area contributed by atoms with E-state index in [1.807, 2.05) is 31.3 Å². The van der Waals surface area contributed by atoms with Crippen molar-refractivity contribution in [3.05, 3.63) is 29.8 Å². The molecule has 0 unspecified atom stereocenters. The van der Waals surface area contributed by atoms with Crippen LogP contribution >= 0.6 is 12.2 Å². The van der Waals surface area contributed by atoms with Crippen molar-refractivity contribution in [3.8, 4) is 0 Å². The van der Waals surface area contributed by atoms with Crippen molar-refractivity contribution >= 4 is 22.9 Å². The topological polar surface area (TPSA) is 29.3 Å². The third kappa shape index (κ3) is 4.69. The lowest BCUT2D eigenvalue weighted by Gasteiger charge is -2.19. The molecule has 0 spiro atoms. The van der Waals surface area contributed by atoms with Gasteiger partial charge < -0.3 is 10.6 Å². The minimum Gasteiger partial charge on any atom is -0.389 e. The smallest absolute Gasteiger partial charge is 0.103 e. The molecule has 0 heterocycles. The molecule has 0 aliphatic carbocycles. The molecule has 94 valence electrons. The summed E-state index contributed by atoms with van der Waals surface area (Å²) >= 11 is 4.90. The Hall–Kier alpha value is -1.16. The number of alkyl halides is 1. The number of thiocarbonyl (C=S) groups is 1. The number of nitrogens with two attached hydrogens (primary N) is 1. The van der Waals surface area contributed by atoms with Crippen LogP contribution in [0.5, 0.6) is 0 Å². The molecule has 1 aromatic carbocycles. The van der Waals surface area contributed by atoms with E-state index in [2.05, 4.69) is 4.90 Å². The van der Waals surface area contributed by atoms with Gasteiger partial charge in [-0.3, -0.25) is 4.39 Å². The highest BCUT2D eigenvalue weighted by Gasteiger charge is 2.01. The normalized spacial score (nSPS) is 10.2. The van der Waals surface area contributed by atoms with Crippen LogP contribution in [-0.4, -0.2) is 25.3 Å². The summed E-state index contributed by atoms with van der Waals surface area (Å²) in [6, 6.07) is 7.86. The second kappa shape index (κ2) is 7.22. The lowest BCUT2D eigenvalue weighted by molar-refractivity contribution is 0.457. The number of halogens is 1. The molecule has 0 fully saturated rings. The predicted molar refractivity (Wildman–Crippen MR) is 75.4 cm³/mol. The molecular formula is C13H19FN2S. The lowest BCUT2D eigenvalue weighted by Crippen LogP contribution is -2.18. The number of nitrogens with zero attached hydrogens (tertiary/aromatic N) is 1. The third-order valence-corrected chi connectivity index (χ3v) is 2.96. The van der Waals surface area contributed by atoms with Gasteiger partial charge in [-0.25, -0.2) is 0 Å². The number of benzene rings is 1. The molecule has 0 aliphatic rings. The van der Waals surface area contributed by atoms with Crippen LogP contribution in [-0.2, 0) is 0 Å². The lowest BCUT2D eigenvalue weighted by atomic mass is 10.2. The van der Waals surface area contributed by atoms with Crippen molar-refractivity contribution in [2.24, 2.45) is 5.73 Å². The molecule has 0 atom stereocenters. The van der Waals surface area contributed by atoms with E-state index in [-0.39, 0.29) is 6.67 Å². The van der Waals surface area contributed by atoms with Crippen LogP contribution in [0.4, 0.5) is 10.1 Å². The molecule has 0 bridgehead atoms. The number of hydrogen-bond donors (Lipinski definition) is 1. The van der Waals surface area contributed by atoms with Crippen LogP contribution in [0.25, 0.3) is 0 Å². The van der Waals surface area contributed by atoms with E-state index in [4.69, 9.17) is 18.0 Å². The first kappa shape index (κ1) is 13.9. The van der Waals surface area contributed by atoms with Gasteiger partial charge in [0.25, 0.3) is 0 Å². The van der Waals surface area contributed by atoms with Gasteiger partial charge in [0.15, 0.2) is 0 Å². The maximum absolute atomic E-state index is 11.9. The second-order valence-electron chi connectivity index (χ2n) is 4.08. The van der Waals surface area contributed by atoms with E-state index < -0.39 is 0 Å². The fourth-order valence-electron chi connectivity index (χ4n) is 1.63. The monoisotopic (exact) mass is 254 g/mol. The quantitative estimate of drug-likeness (QED) is 0.599. The fourth-order valence-corrected chi connectivity index (χ4v) is 1.77. The average Bonchev–Trinajstić information content (AvgIpc) is 2.34. The summed E-state index contributed by atoms with van der Waals surface area (Å²) in [4.78, 5) is 2.57. The van der Waals surface area contributed by atoms with Crippen LogP contribution in [0.1, 0.15) is 24.8 Å². The summed E-state index contributed by atoms with van der Waals surface area (Å²) in [5.74, 6) is 0. The molecule has 1 rings (SSSR count). The molecular weight excluding hydrogens is 235 g/mol. The summed E-state index contributed by atoms with van der Waals surface area (Å²) in [6.07, 6.45) is 2.61. The molecule has 1 aromatic rings. The van der Waals surface area contributed by atoms with Gasteiger partial charge >= 0.3 is 0 Å². The van der Waals surface area contributed by atoms with E-state index in [0.717, 1.165) is 30.6 Å². The Kier molecular flexibility index (Phi) is 5.91. The van der Waals surface area contributed by atoms with Gasteiger partial charge in [0, 0.05) is 24.8 Å². The summed E-state index contributed by atoms with van der Waals surface area (Å²) in [7, 11) is 2.03. The molecule has 2 N–H and O–H groups in total. The molecule has 17 heavy (non-hydrogen) atoms. The largest absolute Gasteiger partial charge is 0.389 e. The fraction of sp³-hybridized carbons (Fsp3) is 0.462. The SMILES string of the molecule is CN(CCCCCF)c1ccc(C(N)=S)cc1. The summed E-state index contributed by atoms with van der Waals surface area (Å²) in [5.41, 5.74) is 7.55. The van der Waals surface area contributed by atoms with Gasteiger partial charge in [-0.2, -0.15) is 0 Å². The van der Waals surface area contributed by atoms with Gasteiger partial charge in [0.1, 0.15) is 4.99 Å². The summed E-state index contributed by atoms with van der Waals surface area (Å²) in [6.45, 7) is 0.721. The Labute approximate surface area is 108 Å². The molecule has 4 heteroatoms. The second-order valence-corrected chi connectivity index (χ2v) is 4.52. The zero-order chi connectivity index (χ0) is 12.7. The molecule has 0 aromatic heterocycles. The van der Waals surface area contributed by atoms with E-state index in [1.165, 1.54) is 0 Å². The van der Waals surface area contributed by atoms with Crippen molar-refractivity contribution in [2.75, 3.05) is 25.2 Å². The van der Waals surface area contributed by atoms with Crippen LogP contribution in [0.2, 0.25) is 0 Å². The van der Waals surface area contributed by atoms with E-state index in [9.17, 15) is 4.39 Å². The Balaban J connectivity index is 2.46. The summed E-state index contributed by atoms with van der Waals surface area (Å²) < 4.78 is 11.9. The number of unbranched alkanes of at least 4 members (excludes halogenated alkanes) is 2. The van der Waals surface area contributed by atoms with Crippen LogP contribution < -0.4 is 10.6 Å². The number of rotatable bonds is 7. The molecule has 0 radical (unpaired) electrons. The Morgan fingerprint density at radius 1 is 1.24 bits per heavy atom. The third-order valence-electron chi connectivity index (χ3n) is 2.72. The molecule has 0 saturated carbocycles. The van der Waals surface area contributed by atoms with Crippen molar-refractivity contribution in [1.29, 1.82) is 0 Å². The summed E-state index contributed by atoms with van der Waals surface area (Å²) in [5, 5.41) is 0. The number of anilines is 1. The molecule has 0 aliphatic heterocycles. The molecule has 2 nitrogen and oxygen atoms in total. The van der Waals surface area contributed by atoms with Gasteiger partial charge in [-0.05, 0) is 43.5 Å². The average molecular weight is 254 g/mol. The van der Waals surface area contributed by atoms with Crippen molar-refractivity contribution in [2.45, 2.75) is 19.3 Å². The number of hydrogen-bond acceptors (Lipinski definition) is 2. The van der Waals surface area contributed by atoms with Crippen LogP contribution in [0.15, 0.2) is 24.3 Å².